The number of nitrogens with one attached hydrogen (secondary N) is 1. The fourth-order valence-corrected chi connectivity index (χ4v) is 4.20. The maximum atomic E-state index is 12.6. The lowest BCUT2D eigenvalue weighted by molar-refractivity contribution is -0.150. The molecule has 3 aliphatic heterocycles. The number of carbonyl (C=O) groups excluding carboxylic acids is 3. The molecule has 2 amide bonds. The van der Waals surface area contributed by atoms with E-state index in [9.17, 15) is 14.4 Å². The summed E-state index contributed by atoms with van der Waals surface area (Å²) in [6, 6.07) is 1.98. The Kier molecular flexibility index (Phi) is 3.00. The molecule has 1 saturated heterocycles. The molecule has 1 aromatic rings. The Bertz CT molecular complexity index is 911. The molecule has 3 aliphatic rings. The van der Waals surface area contributed by atoms with Gasteiger partial charge in [-0.05, 0) is 12.1 Å². The van der Waals surface area contributed by atoms with Crippen molar-refractivity contribution in [3.63, 3.8) is 0 Å². The average Bonchev–Trinajstić information content (AvgIpc) is 3.28. The first-order valence-corrected chi connectivity index (χ1v) is 8.26. The van der Waals surface area contributed by atoms with Crippen molar-refractivity contribution >= 4 is 35.3 Å². The number of β-lactam (4-membered cyclic amide) rings is 1. The van der Waals surface area contributed by atoms with E-state index in [-0.39, 0.29) is 18.1 Å². The molecule has 1 N–H and O–H groups in total. The Morgan fingerprint density at radius 3 is 3.20 bits per heavy atom. The van der Waals surface area contributed by atoms with Crippen LogP contribution >= 0.6 is 11.8 Å². The summed E-state index contributed by atoms with van der Waals surface area (Å²) in [6.45, 7) is 0.163. The van der Waals surface area contributed by atoms with Crippen LogP contribution in [-0.4, -0.2) is 59.2 Å². The molecule has 0 radical (unpaired) electrons. The summed E-state index contributed by atoms with van der Waals surface area (Å²) in [5.74, 6) is -1.38. The minimum atomic E-state index is -2.86. The van der Waals surface area contributed by atoms with Crippen LogP contribution < -0.4 is 5.32 Å². The monoisotopic (exact) mass is 366 g/mol. The van der Waals surface area contributed by atoms with Gasteiger partial charge in [0.05, 0.1) is 10.4 Å². The van der Waals surface area contributed by atoms with Crippen LogP contribution in [0.2, 0.25) is 0 Å². The maximum Gasteiger partial charge on any atom is 0.355 e. The lowest BCUT2D eigenvalue weighted by Crippen LogP contribution is -2.70. The highest BCUT2D eigenvalue weighted by Crippen LogP contribution is 2.42. The standard InChI is InChI=1S/C15H13N3O6S/c1-22-17-9(8-3-2-4-23-8)12(19)16-10-13(20)18-11-7(5-24-15(11)21)6-25-14(10)18/h2-4,10,14H,5-6H2,1H3,(H,16,19)/b17-9-/t10-,14-/m1/s1/i1D3. The Hall–Kier alpha value is -2.75. The molecule has 0 unspecified atom stereocenters. The van der Waals surface area contributed by atoms with Crippen molar-refractivity contribution in [2.75, 3.05) is 19.4 Å². The van der Waals surface area contributed by atoms with Crippen LogP contribution in [-0.2, 0) is 24.0 Å². The molecule has 1 fully saturated rings. The van der Waals surface area contributed by atoms with Crippen molar-refractivity contribution in [2.24, 2.45) is 5.16 Å². The van der Waals surface area contributed by atoms with E-state index in [1.807, 2.05) is 0 Å². The van der Waals surface area contributed by atoms with E-state index in [1.165, 1.54) is 35.1 Å². The fourth-order valence-electron chi connectivity index (χ4n) is 2.87. The van der Waals surface area contributed by atoms with Crippen LogP contribution in [0.25, 0.3) is 0 Å². The third-order valence-electron chi connectivity index (χ3n) is 4.01. The largest absolute Gasteiger partial charge is 0.462 e. The Labute approximate surface area is 150 Å². The second-order valence-corrected chi connectivity index (χ2v) is 6.50. The Balaban J connectivity index is 1.51. The Morgan fingerprint density at radius 2 is 2.44 bits per heavy atom. The first kappa shape index (κ1) is 12.6. The number of fused-ring (bicyclic) bond motifs is 2. The summed E-state index contributed by atoms with van der Waals surface area (Å²) in [5.41, 5.74) is 0.562. The highest BCUT2D eigenvalue weighted by Gasteiger charge is 2.55. The first-order chi connectivity index (χ1) is 13.3. The van der Waals surface area contributed by atoms with Gasteiger partial charge >= 0.3 is 5.97 Å². The molecule has 0 aliphatic carbocycles. The van der Waals surface area contributed by atoms with Crippen molar-refractivity contribution in [3.8, 4) is 0 Å². The summed E-state index contributed by atoms with van der Waals surface area (Å²) in [7, 11) is -2.86. The zero-order chi connectivity index (χ0) is 20.1. The van der Waals surface area contributed by atoms with Gasteiger partial charge in [0, 0.05) is 11.3 Å². The normalized spacial score (nSPS) is 27.4. The van der Waals surface area contributed by atoms with Crippen LogP contribution in [0.15, 0.2) is 39.2 Å². The van der Waals surface area contributed by atoms with Gasteiger partial charge in [0.25, 0.3) is 11.8 Å². The zero-order valence-electron chi connectivity index (χ0n) is 15.6. The van der Waals surface area contributed by atoms with Crippen LogP contribution in [0.1, 0.15) is 9.87 Å². The predicted molar refractivity (Wildman–Crippen MR) is 85.3 cm³/mol. The summed E-state index contributed by atoms with van der Waals surface area (Å²) in [6.07, 6.45) is 1.28. The number of nitrogens with zero attached hydrogens (tertiary/aromatic N) is 2. The van der Waals surface area contributed by atoms with Crippen molar-refractivity contribution < 1.29 is 32.5 Å². The summed E-state index contributed by atoms with van der Waals surface area (Å²) >= 11 is 1.39. The maximum absolute atomic E-state index is 12.6. The number of carbonyl (C=O) groups is 3. The molecular weight excluding hydrogens is 350 g/mol. The molecule has 0 spiro atoms. The van der Waals surface area contributed by atoms with Crippen LogP contribution in [0.4, 0.5) is 0 Å². The molecule has 9 nitrogen and oxygen atoms in total. The minimum Gasteiger partial charge on any atom is -0.462 e. The second-order valence-electron chi connectivity index (χ2n) is 5.40. The topological polar surface area (TPSA) is 110 Å². The number of thioether (sulfide) groups is 1. The van der Waals surface area contributed by atoms with E-state index in [4.69, 9.17) is 13.3 Å². The van der Waals surface area contributed by atoms with Crippen molar-refractivity contribution in [1.29, 1.82) is 0 Å². The van der Waals surface area contributed by atoms with E-state index in [2.05, 4.69) is 15.3 Å². The van der Waals surface area contributed by atoms with E-state index in [1.54, 1.807) is 0 Å². The fraction of sp³-hybridized carbons (Fsp3) is 0.333. The van der Waals surface area contributed by atoms with E-state index < -0.39 is 41.9 Å². The lowest BCUT2D eigenvalue weighted by Gasteiger charge is -2.48. The van der Waals surface area contributed by atoms with Crippen LogP contribution in [0.5, 0.6) is 0 Å². The number of esters is 1. The van der Waals surface area contributed by atoms with E-state index in [0.717, 1.165) is 5.57 Å². The highest BCUT2D eigenvalue weighted by atomic mass is 32.2. The third kappa shape index (κ3) is 2.40. The number of rotatable bonds is 4. The highest BCUT2D eigenvalue weighted by molar-refractivity contribution is 8.00. The Morgan fingerprint density at radius 1 is 1.56 bits per heavy atom. The van der Waals surface area contributed by atoms with Gasteiger partial charge < -0.3 is 19.3 Å². The third-order valence-corrected chi connectivity index (χ3v) is 5.35. The molecule has 0 aromatic carbocycles. The van der Waals surface area contributed by atoms with Crippen molar-refractivity contribution in [1.82, 2.24) is 10.2 Å². The number of hydrogen-bond acceptors (Lipinski definition) is 8. The summed E-state index contributed by atoms with van der Waals surface area (Å²) < 4.78 is 31.2. The summed E-state index contributed by atoms with van der Waals surface area (Å²) in [5, 5.41) is 5.41. The number of hydrogen-bond donors (Lipinski definition) is 1. The predicted octanol–water partition coefficient (Wildman–Crippen LogP) is -0.159. The first-order valence-electron chi connectivity index (χ1n) is 8.71. The molecule has 10 heteroatoms. The number of cyclic esters (lactones) is 1. The van der Waals surface area contributed by atoms with Gasteiger partial charge in [0.2, 0.25) is 5.71 Å². The number of ether oxygens (including phenoxy) is 1. The smallest absolute Gasteiger partial charge is 0.355 e. The summed E-state index contributed by atoms with van der Waals surface area (Å²) in [4.78, 5) is 42.7. The average molecular weight is 366 g/mol. The minimum absolute atomic E-state index is 0.0222. The molecule has 0 saturated carbocycles. The van der Waals surface area contributed by atoms with E-state index in [0.29, 0.717) is 5.75 Å². The molecule has 130 valence electrons. The van der Waals surface area contributed by atoms with Crippen LogP contribution in [0.3, 0.4) is 0 Å². The van der Waals surface area contributed by atoms with Crippen molar-refractivity contribution in [3.05, 3.63) is 35.4 Å². The molecular formula is C15H13N3O6S. The molecule has 25 heavy (non-hydrogen) atoms. The molecule has 0 bridgehead atoms. The molecule has 1 aromatic heterocycles. The quantitative estimate of drug-likeness (QED) is 0.341. The molecule has 4 heterocycles. The van der Waals surface area contributed by atoms with Gasteiger partial charge in [0.15, 0.2) is 5.76 Å². The van der Waals surface area contributed by atoms with Gasteiger partial charge in [-0.25, -0.2) is 4.79 Å². The van der Waals surface area contributed by atoms with Gasteiger partial charge in [-0.1, -0.05) is 5.16 Å². The lowest BCUT2D eigenvalue weighted by atomic mass is 10.0. The number of amides is 2. The second kappa shape index (κ2) is 5.96. The van der Waals surface area contributed by atoms with Crippen molar-refractivity contribution in [2.45, 2.75) is 11.4 Å². The number of furan rings is 1. The van der Waals surface area contributed by atoms with Gasteiger partial charge in [-0.3, -0.25) is 14.5 Å². The van der Waals surface area contributed by atoms with Gasteiger partial charge in [-0.15, -0.1) is 11.8 Å². The number of oxime groups is 1. The zero-order valence-corrected chi connectivity index (χ0v) is 13.4. The SMILES string of the molecule is [2H]C([2H])([2H])O/N=C(\C(=O)N[C@@H]1C(=O)N2C3=C(COC3=O)CS[C@H]12)c1ccco1. The van der Waals surface area contributed by atoms with Gasteiger partial charge in [-0.2, -0.15) is 0 Å². The molecule has 4 rings (SSSR count). The molecule has 2 atom stereocenters. The van der Waals surface area contributed by atoms with E-state index >= 15 is 0 Å². The van der Waals surface area contributed by atoms with Crippen LogP contribution in [0, 0.1) is 0 Å². The van der Waals surface area contributed by atoms with Gasteiger partial charge in [0.1, 0.15) is 30.8 Å².